The Morgan fingerprint density at radius 3 is 2.67 bits per heavy atom. The minimum atomic E-state index is -0.216. The number of amides is 1. The summed E-state index contributed by atoms with van der Waals surface area (Å²) < 4.78 is 5.62. The van der Waals surface area contributed by atoms with Gasteiger partial charge in [0.1, 0.15) is 11.8 Å². The van der Waals surface area contributed by atoms with Gasteiger partial charge in [-0.05, 0) is 37.3 Å². The second-order valence-electron chi connectivity index (χ2n) is 5.77. The van der Waals surface area contributed by atoms with Gasteiger partial charge in [0, 0.05) is 35.3 Å². The minimum absolute atomic E-state index is 0.216. The highest BCUT2D eigenvalue weighted by Gasteiger charge is 2.14. The molecule has 136 valence electrons. The largest absolute Gasteiger partial charge is 0.492 e. The molecule has 0 aliphatic carbocycles. The predicted octanol–water partition coefficient (Wildman–Crippen LogP) is 4.86. The first-order valence-electron chi connectivity index (χ1n) is 8.31. The highest BCUT2D eigenvalue weighted by atomic mass is 35.5. The second-order valence-corrected chi connectivity index (χ2v) is 6.21. The van der Waals surface area contributed by atoms with Crippen molar-refractivity contribution in [3.05, 3.63) is 53.2 Å². The van der Waals surface area contributed by atoms with Crippen LogP contribution in [0.15, 0.2) is 42.6 Å². The quantitative estimate of drug-likeness (QED) is 0.660. The summed E-state index contributed by atoms with van der Waals surface area (Å²) in [6.45, 7) is 3.74. The molecule has 1 amide bonds. The van der Waals surface area contributed by atoms with E-state index in [0.29, 0.717) is 45.2 Å². The molecule has 6 nitrogen and oxygen atoms in total. The van der Waals surface area contributed by atoms with Gasteiger partial charge in [0.2, 0.25) is 5.91 Å². The van der Waals surface area contributed by atoms with Crippen LogP contribution in [0.5, 0.6) is 5.75 Å². The Bertz CT molecular complexity index is 1040. The van der Waals surface area contributed by atoms with Crippen molar-refractivity contribution >= 4 is 45.5 Å². The van der Waals surface area contributed by atoms with E-state index in [0.717, 1.165) is 5.69 Å². The van der Waals surface area contributed by atoms with E-state index in [-0.39, 0.29) is 5.91 Å². The number of nitriles is 1. The lowest BCUT2D eigenvalue weighted by Crippen LogP contribution is -2.08. The number of carbonyl (C=O) groups is 1. The molecule has 0 bridgehead atoms. The van der Waals surface area contributed by atoms with Crippen LogP contribution >= 0.6 is 11.6 Å². The maximum Gasteiger partial charge on any atom is 0.221 e. The number of halogens is 1. The van der Waals surface area contributed by atoms with Gasteiger partial charge in [-0.1, -0.05) is 11.6 Å². The third-order valence-electron chi connectivity index (χ3n) is 3.81. The molecule has 7 heteroatoms. The molecule has 0 saturated carbocycles. The van der Waals surface area contributed by atoms with E-state index in [1.807, 2.05) is 19.1 Å². The number of fused-ring (bicyclic) bond motifs is 1. The Balaban J connectivity index is 2.18. The summed E-state index contributed by atoms with van der Waals surface area (Å²) in [6, 6.07) is 12.8. The van der Waals surface area contributed by atoms with Crippen molar-refractivity contribution in [2.24, 2.45) is 0 Å². The van der Waals surface area contributed by atoms with Crippen LogP contribution in [0.2, 0.25) is 5.02 Å². The fourth-order valence-electron chi connectivity index (χ4n) is 2.68. The zero-order valence-electron chi connectivity index (χ0n) is 14.8. The van der Waals surface area contributed by atoms with Gasteiger partial charge in [-0.3, -0.25) is 9.78 Å². The summed E-state index contributed by atoms with van der Waals surface area (Å²) in [4.78, 5) is 15.9. The Morgan fingerprint density at radius 1 is 1.30 bits per heavy atom. The van der Waals surface area contributed by atoms with Gasteiger partial charge >= 0.3 is 0 Å². The van der Waals surface area contributed by atoms with Crippen LogP contribution in [0, 0.1) is 11.3 Å². The third kappa shape index (κ3) is 4.10. The van der Waals surface area contributed by atoms with Gasteiger partial charge < -0.3 is 15.4 Å². The van der Waals surface area contributed by atoms with Crippen molar-refractivity contribution in [3.8, 4) is 11.8 Å². The number of anilines is 3. The SMILES string of the molecule is CCOc1cc2ncc(C#N)c(Nc3ccc(Cl)cc3)c2cc1NC(C)=O. The molecule has 2 N–H and O–H groups in total. The number of rotatable bonds is 5. The maximum atomic E-state index is 11.6. The van der Waals surface area contributed by atoms with Crippen molar-refractivity contribution in [1.29, 1.82) is 5.26 Å². The van der Waals surface area contributed by atoms with Crippen LogP contribution in [0.25, 0.3) is 10.9 Å². The lowest BCUT2D eigenvalue weighted by atomic mass is 10.1. The normalized spacial score (nSPS) is 10.3. The lowest BCUT2D eigenvalue weighted by Gasteiger charge is -2.15. The molecule has 0 aliphatic rings. The maximum absolute atomic E-state index is 11.6. The second kappa shape index (κ2) is 7.94. The molecule has 0 aliphatic heterocycles. The van der Waals surface area contributed by atoms with Gasteiger partial charge in [-0.25, -0.2) is 0 Å². The van der Waals surface area contributed by atoms with Gasteiger partial charge in [0.15, 0.2) is 0 Å². The first-order valence-corrected chi connectivity index (χ1v) is 8.69. The minimum Gasteiger partial charge on any atom is -0.492 e. The van der Waals surface area contributed by atoms with E-state index in [1.165, 1.54) is 13.1 Å². The zero-order valence-corrected chi connectivity index (χ0v) is 15.6. The summed E-state index contributed by atoms with van der Waals surface area (Å²) in [6.07, 6.45) is 1.51. The molecule has 0 radical (unpaired) electrons. The van der Waals surface area contributed by atoms with Crippen molar-refractivity contribution < 1.29 is 9.53 Å². The summed E-state index contributed by atoms with van der Waals surface area (Å²) in [5, 5.41) is 16.8. The van der Waals surface area contributed by atoms with Crippen LogP contribution in [0.3, 0.4) is 0 Å². The van der Waals surface area contributed by atoms with Crippen molar-refractivity contribution in [1.82, 2.24) is 4.98 Å². The van der Waals surface area contributed by atoms with Crippen molar-refractivity contribution in [3.63, 3.8) is 0 Å². The molecular weight excluding hydrogens is 364 g/mol. The number of nitrogens with one attached hydrogen (secondary N) is 2. The summed E-state index contributed by atoms with van der Waals surface area (Å²) in [5.74, 6) is 0.307. The smallest absolute Gasteiger partial charge is 0.221 e. The summed E-state index contributed by atoms with van der Waals surface area (Å²) in [7, 11) is 0. The first kappa shape index (κ1) is 18.5. The highest BCUT2D eigenvalue weighted by molar-refractivity contribution is 6.30. The fraction of sp³-hybridized carbons (Fsp3) is 0.150. The van der Waals surface area contributed by atoms with Crippen LogP contribution in [-0.2, 0) is 4.79 Å². The van der Waals surface area contributed by atoms with E-state index < -0.39 is 0 Å². The molecule has 3 rings (SSSR count). The van der Waals surface area contributed by atoms with Crippen molar-refractivity contribution in [2.45, 2.75) is 13.8 Å². The van der Waals surface area contributed by atoms with E-state index in [9.17, 15) is 10.1 Å². The Kier molecular flexibility index (Phi) is 5.43. The summed E-state index contributed by atoms with van der Waals surface area (Å²) in [5.41, 5.74) is 2.92. The van der Waals surface area contributed by atoms with Crippen LogP contribution < -0.4 is 15.4 Å². The number of benzene rings is 2. The molecule has 27 heavy (non-hydrogen) atoms. The van der Waals surface area contributed by atoms with Crippen LogP contribution in [0.1, 0.15) is 19.4 Å². The average molecular weight is 381 g/mol. The molecule has 1 aromatic heterocycles. The van der Waals surface area contributed by atoms with Gasteiger partial charge in [0.05, 0.1) is 29.1 Å². The molecule has 3 aromatic rings. The number of aromatic nitrogens is 1. The number of hydrogen-bond acceptors (Lipinski definition) is 5. The van der Waals surface area contributed by atoms with Crippen LogP contribution in [0.4, 0.5) is 17.1 Å². The highest BCUT2D eigenvalue weighted by Crippen LogP contribution is 2.36. The van der Waals surface area contributed by atoms with E-state index in [4.69, 9.17) is 16.3 Å². The Morgan fingerprint density at radius 2 is 2.04 bits per heavy atom. The molecule has 0 atom stereocenters. The van der Waals surface area contributed by atoms with E-state index in [2.05, 4.69) is 21.7 Å². The number of ether oxygens (including phenoxy) is 1. The standard InChI is InChI=1S/C20H17ClN4O2/c1-3-27-19-9-17-16(8-18(19)24-12(2)26)20(13(10-22)11-23-17)25-15-6-4-14(21)5-7-15/h4-9,11H,3H2,1-2H3,(H,23,25)(H,24,26). The number of pyridine rings is 1. The molecule has 0 unspecified atom stereocenters. The van der Waals surface area contributed by atoms with E-state index in [1.54, 1.807) is 24.3 Å². The number of nitrogens with zero attached hydrogens (tertiary/aromatic N) is 2. The Hall–Kier alpha value is -3.30. The molecule has 2 aromatic carbocycles. The van der Waals surface area contributed by atoms with Gasteiger partial charge in [-0.2, -0.15) is 5.26 Å². The molecule has 0 fully saturated rings. The average Bonchev–Trinajstić information content (AvgIpc) is 2.64. The van der Waals surface area contributed by atoms with Crippen LogP contribution in [-0.4, -0.2) is 17.5 Å². The molecule has 0 spiro atoms. The molecule has 1 heterocycles. The predicted molar refractivity (Wildman–Crippen MR) is 107 cm³/mol. The first-order chi connectivity index (χ1) is 13.0. The zero-order chi connectivity index (χ0) is 19.4. The topological polar surface area (TPSA) is 87.0 Å². The number of hydrogen-bond donors (Lipinski definition) is 2. The summed E-state index contributed by atoms with van der Waals surface area (Å²) >= 11 is 5.94. The lowest BCUT2D eigenvalue weighted by molar-refractivity contribution is -0.114. The molecular formula is C20H17ClN4O2. The third-order valence-corrected chi connectivity index (χ3v) is 4.07. The van der Waals surface area contributed by atoms with Crippen molar-refractivity contribution in [2.75, 3.05) is 17.2 Å². The monoisotopic (exact) mass is 380 g/mol. The fourth-order valence-corrected chi connectivity index (χ4v) is 2.81. The van der Waals surface area contributed by atoms with Gasteiger partial charge in [-0.15, -0.1) is 0 Å². The number of carbonyl (C=O) groups excluding carboxylic acids is 1. The molecule has 0 saturated heterocycles. The van der Waals surface area contributed by atoms with Gasteiger partial charge in [0.25, 0.3) is 0 Å². The Labute approximate surface area is 161 Å². The van der Waals surface area contributed by atoms with E-state index >= 15 is 0 Å².